The van der Waals surface area contributed by atoms with E-state index < -0.39 is 0 Å². The molecule has 1 aromatic carbocycles. The second kappa shape index (κ2) is 4.71. The van der Waals surface area contributed by atoms with Crippen LogP contribution in [-0.4, -0.2) is 22.3 Å². The van der Waals surface area contributed by atoms with Crippen molar-refractivity contribution < 1.29 is 4.74 Å². The lowest BCUT2D eigenvalue weighted by Gasteiger charge is -2.05. The van der Waals surface area contributed by atoms with Gasteiger partial charge in [-0.25, -0.2) is 0 Å². The molecule has 0 aliphatic carbocycles. The molecule has 2 rings (SSSR count). The summed E-state index contributed by atoms with van der Waals surface area (Å²) in [5, 5.41) is 9.48. The van der Waals surface area contributed by atoms with Gasteiger partial charge in [-0.2, -0.15) is 10.1 Å². The molecule has 5 nitrogen and oxygen atoms in total. The Morgan fingerprint density at radius 3 is 2.69 bits per heavy atom. The fraction of sp³-hybridized carbons (Fsp3) is 0.100. The molecule has 0 saturated heterocycles. The summed E-state index contributed by atoms with van der Waals surface area (Å²) in [6.07, 6.45) is 1.57. The zero-order chi connectivity index (χ0) is 11.4. The molecule has 0 aliphatic heterocycles. The summed E-state index contributed by atoms with van der Waals surface area (Å²) in [6.45, 7) is 0. The Morgan fingerprint density at radius 1 is 1.31 bits per heavy atom. The van der Waals surface area contributed by atoms with Crippen molar-refractivity contribution in [2.45, 2.75) is 0 Å². The summed E-state index contributed by atoms with van der Waals surface area (Å²) in [5.74, 6) is 1.41. The second-order valence-corrected chi connectivity index (χ2v) is 3.41. The molecule has 1 heterocycles. The topological polar surface area (TPSA) is 62.8 Å². The number of hydrogen-bond donors (Lipinski definition) is 2. The quantitative estimate of drug-likeness (QED) is 0.798. The van der Waals surface area contributed by atoms with Crippen LogP contribution in [0.1, 0.15) is 0 Å². The summed E-state index contributed by atoms with van der Waals surface area (Å²) < 4.78 is 5.41. The van der Waals surface area contributed by atoms with Gasteiger partial charge >= 0.3 is 0 Å². The van der Waals surface area contributed by atoms with E-state index in [1.807, 2.05) is 24.3 Å². The van der Waals surface area contributed by atoms with Gasteiger partial charge in [-0.15, -0.1) is 0 Å². The molecule has 0 unspecified atom stereocenters. The first-order valence-electron chi connectivity index (χ1n) is 4.61. The minimum Gasteiger partial charge on any atom is -0.497 e. The third-order valence-corrected chi connectivity index (χ3v) is 2.11. The highest BCUT2D eigenvalue weighted by molar-refractivity contribution is 7.71. The van der Waals surface area contributed by atoms with Crippen LogP contribution in [0.25, 0.3) is 0 Å². The number of hydrogen-bond acceptors (Lipinski definition) is 5. The molecule has 0 radical (unpaired) electrons. The van der Waals surface area contributed by atoms with Gasteiger partial charge < -0.3 is 10.1 Å². The molecule has 0 fully saturated rings. The van der Waals surface area contributed by atoms with Crippen LogP contribution in [0.3, 0.4) is 0 Å². The van der Waals surface area contributed by atoms with Crippen molar-refractivity contribution in [1.82, 2.24) is 15.2 Å². The maximum atomic E-state index is 5.06. The van der Waals surface area contributed by atoms with Gasteiger partial charge in [-0.1, -0.05) is 0 Å². The normalized spacial score (nSPS) is 9.81. The molecular weight excluding hydrogens is 224 g/mol. The first-order valence-corrected chi connectivity index (χ1v) is 5.01. The molecule has 0 bridgehead atoms. The number of nitrogens with zero attached hydrogens (tertiary/aromatic N) is 2. The monoisotopic (exact) mass is 234 g/mol. The van der Waals surface area contributed by atoms with Gasteiger partial charge in [-0.3, -0.25) is 5.10 Å². The molecule has 2 N–H and O–H groups in total. The molecule has 82 valence electrons. The lowest BCUT2D eigenvalue weighted by molar-refractivity contribution is 0.415. The number of methoxy groups -OCH3 is 1. The lowest BCUT2D eigenvalue weighted by atomic mass is 10.3. The van der Waals surface area contributed by atoms with E-state index in [2.05, 4.69) is 20.5 Å². The predicted molar refractivity (Wildman–Crippen MR) is 63.5 cm³/mol. The number of benzene rings is 1. The number of aromatic nitrogens is 3. The Balaban J connectivity index is 2.17. The van der Waals surface area contributed by atoms with Gasteiger partial charge in [0.05, 0.1) is 13.3 Å². The van der Waals surface area contributed by atoms with Crippen LogP contribution in [-0.2, 0) is 0 Å². The van der Waals surface area contributed by atoms with Crippen molar-refractivity contribution in [3.8, 4) is 5.75 Å². The first kappa shape index (κ1) is 10.6. The van der Waals surface area contributed by atoms with E-state index in [0.29, 0.717) is 10.6 Å². The first-order chi connectivity index (χ1) is 7.78. The molecule has 6 heteroatoms. The van der Waals surface area contributed by atoms with E-state index in [4.69, 9.17) is 17.0 Å². The third-order valence-electron chi connectivity index (χ3n) is 1.93. The maximum absolute atomic E-state index is 5.06. The Kier molecular flexibility index (Phi) is 3.11. The van der Waals surface area contributed by atoms with E-state index in [-0.39, 0.29) is 0 Å². The average molecular weight is 234 g/mol. The molecule has 16 heavy (non-hydrogen) atoms. The Hall–Kier alpha value is -1.95. The largest absolute Gasteiger partial charge is 0.497 e. The SMILES string of the molecule is COc1ccc(Nc2cn[nH]c(=S)n2)cc1. The van der Waals surface area contributed by atoms with Crippen LogP contribution in [0.15, 0.2) is 30.5 Å². The van der Waals surface area contributed by atoms with Crippen LogP contribution < -0.4 is 10.1 Å². The van der Waals surface area contributed by atoms with Crippen LogP contribution in [0, 0.1) is 4.77 Å². The minimum atomic E-state index is 0.346. The van der Waals surface area contributed by atoms with E-state index in [1.165, 1.54) is 0 Å². The van der Waals surface area contributed by atoms with Gasteiger partial charge in [0.25, 0.3) is 0 Å². The molecule has 0 amide bonds. The maximum Gasteiger partial charge on any atom is 0.215 e. The molecule has 2 aromatic rings. The second-order valence-electron chi connectivity index (χ2n) is 3.03. The summed E-state index contributed by atoms with van der Waals surface area (Å²) in [7, 11) is 1.63. The van der Waals surface area contributed by atoms with Gasteiger partial charge in [0.2, 0.25) is 4.77 Å². The van der Waals surface area contributed by atoms with Crippen molar-refractivity contribution in [3.63, 3.8) is 0 Å². The van der Waals surface area contributed by atoms with Gasteiger partial charge in [0.15, 0.2) is 5.82 Å². The average Bonchev–Trinajstić information content (AvgIpc) is 2.30. The van der Waals surface area contributed by atoms with Crippen molar-refractivity contribution in [2.75, 3.05) is 12.4 Å². The van der Waals surface area contributed by atoms with Gasteiger partial charge in [0, 0.05) is 5.69 Å². The predicted octanol–water partition coefficient (Wildman–Crippen LogP) is 2.29. The fourth-order valence-electron chi connectivity index (χ4n) is 1.19. The Labute approximate surface area is 97.5 Å². The lowest BCUT2D eigenvalue weighted by Crippen LogP contribution is -1.96. The molecule has 0 aliphatic rings. The van der Waals surface area contributed by atoms with E-state index >= 15 is 0 Å². The molecule has 0 saturated carbocycles. The highest BCUT2D eigenvalue weighted by Gasteiger charge is 1.96. The molecule has 0 atom stereocenters. The number of rotatable bonds is 3. The van der Waals surface area contributed by atoms with Crippen molar-refractivity contribution in [1.29, 1.82) is 0 Å². The summed E-state index contributed by atoms with van der Waals surface area (Å²) in [6, 6.07) is 7.50. The molecule has 1 aromatic heterocycles. The zero-order valence-corrected chi connectivity index (χ0v) is 9.41. The smallest absolute Gasteiger partial charge is 0.215 e. The number of nitrogens with one attached hydrogen (secondary N) is 2. The summed E-state index contributed by atoms with van der Waals surface area (Å²) in [5.41, 5.74) is 0.899. The Morgan fingerprint density at radius 2 is 2.06 bits per heavy atom. The molecular formula is C10H10N4OS. The number of ether oxygens (including phenoxy) is 1. The van der Waals surface area contributed by atoms with E-state index in [1.54, 1.807) is 13.3 Å². The fourth-order valence-corrected chi connectivity index (χ4v) is 1.35. The number of anilines is 2. The number of aromatic amines is 1. The van der Waals surface area contributed by atoms with Crippen molar-refractivity contribution >= 4 is 23.7 Å². The minimum absolute atomic E-state index is 0.346. The van der Waals surface area contributed by atoms with E-state index in [9.17, 15) is 0 Å². The number of H-pyrrole nitrogens is 1. The van der Waals surface area contributed by atoms with Gasteiger partial charge in [-0.05, 0) is 36.5 Å². The Bertz CT molecular complexity index is 523. The van der Waals surface area contributed by atoms with Crippen molar-refractivity contribution in [3.05, 3.63) is 35.2 Å². The van der Waals surface area contributed by atoms with Crippen molar-refractivity contribution in [2.24, 2.45) is 0 Å². The van der Waals surface area contributed by atoms with Crippen LogP contribution in [0.2, 0.25) is 0 Å². The van der Waals surface area contributed by atoms with Crippen LogP contribution in [0.4, 0.5) is 11.5 Å². The highest BCUT2D eigenvalue weighted by Crippen LogP contribution is 2.17. The summed E-state index contributed by atoms with van der Waals surface area (Å²) in [4.78, 5) is 4.07. The van der Waals surface area contributed by atoms with Gasteiger partial charge in [0.1, 0.15) is 5.75 Å². The third kappa shape index (κ3) is 2.54. The summed E-state index contributed by atoms with van der Waals surface area (Å²) >= 11 is 4.87. The van der Waals surface area contributed by atoms with Crippen LogP contribution >= 0.6 is 12.2 Å². The molecule has 0 spiro atoms. The standard InChI is InChI=1S/C10H10N4OS/c1-15-8-4-2-7(3-5-8)12-9-6-11-14-10(16)13-9/h2-6H,1H3,(H2,12,13,14,16). The highest BCUT2D eigenvalue weighted by atomic mass is 32.1. The van der Waals surface area contributed by atoms with Crippen LogP contribution in [0.5, 0.6) is 5.75 Å². The zero-order valence-electron chi connectivity index (χ0n) is 8.60. The van der Waals surface area contributed by atoms with E-state index in [0.717, 1.165) is 11.4 Å².